The van der Waals surface area contributed by atoms with Crippen LogP contribution in [0.1, 0.15) is 11.5 Å². The van der Waals surface area contributed by atoms with E-state index in [4.69, 9.17) is 9.90 Å². The van der Waals surface area contributed by atoms with Crippen molar-refractivity contribution < 1.29 is 23.1 Å². The molecule has 1 saturated heterocycles. The van der Waals surface area contributed by atoms with Gasteiger partial charge in [0.2, 0.25) is 0 Å². The second-order valence-electron chi connectivity index (χ2n) is 3.57. The number of carboxylic acid groups (broad SMARTS) is 1. The number of carbonyl (C=O) groups is 1. The minimum atomic E-state index is -5.08. The number of rotatable bonds is 1. The van der Waals surface area contributed by atoms with Gasteiger partial charge in [0, 0.05) is 25.2 Å². The Labute approximate surface area is 109 Å². The molecule has 0 radical (unpaired) electrons. The summed E-state index contributed by atoms with van der Waals surface area (Å²) in [7, 11) is 0. The van der Waals surface area contributed by atoms with Gasteiger partial charge in [-0.05, 0) is 27.6 Å². The van der Waals surface area contributed by atoms with Gasteiger partial charge in [-0.3, -0.25) is 0 Å². The van der Waals surface area contributed by atoms with Crippen molar-refractivity contribution in [3.63, 3.8) is 0 Å². The predicted molar refractivity (Wildman–Crippen MR) is 61.2 cm³/mol. The Morgan fingerprint density at radius 2 is 2.00 bits per heavy atom. The van der Waals surface area contributed by atoms with E-state index in [-0.39, 0.29) is 0 Å². The third kappa shape index (κ3) is 4.61. The number of alkyl halides is 3. The second-order valence-corrected chi connectivity index (χ2v) is 4.38. The predicted octanol–water partition coefficient (Wildman–Crippen LogP) is 2.16. The topological polar surface area (TPSA) is 62.2 Å². The van der Waals surface area contributed by atoms with E-state index < -0.39 is 12.1 Å². The Morgan fingerprint density at radius 1 is 1.44 bits per heavy atom. The monoisotopic (exact) mass is 326 g/mol. The highest BCUT2D eigenvalue weighted by atomic mass is 79.9. The van der Waals surface area contributed by atoms with Crippen LogP contribution in [0, 0.1) is 0 Å². The largest absolute Gasteiger partial charge is 0.490 e. The van der Waals surface area contributed by atoms with Crippen molar-refractivity contribution in [1.29, 1.82) is 0 Å². The van der Waals surface area contributed by atoms with Gasteiger partial charge in [-0.15, -0.1) is 0 Å². The van der Waals surface area contributed by atoms with E-state index in [0.717, 1.165) is 17.7 Å². The van der Waals surface area contributed by atoms with E-state index >= 15 is 0 Å². The molecule has 2 rings (SSSR count). The van der Waals surface area contributed by atoms with Crippen molar-refractivity contribution in [1.82, 2.24) is 10.3 Å². The van der Waals surface area contributed by atoms with Crippen LogP contribution in [0.3, 0.4) is 0 Å². The molecule has 0 unspecified atom stereocenters. The number of carboxylic acids is 1. The lowest BCUT2D eigenvalue weighted by molar-refractivity contribution is -0.192. The number of aliphatic carboxylic acids is 1. The van der Waals surface area contributed by atoms with Crippen molar-refractivity contribution in [3.05, 3.63) is 28.5 Å². The molecular weight excluding hydrogens is 317 g/mol. The molecule has 1 fully saturated rings. The fourth-order valence-electron chi connectivity index (χ4n) is 1.15. The average Bonchev–Trinajstić information content (AvgIpc) is 2.18. The maximum Gasteiger partial charge on any atom is 0.490 e. The lowest BCUT2D eigenvalue weighted by Crippen LogP contribution is -2.39. The number of nitrogens with zero attached hydrogens (tertiary/aromatic N) is 1. The summed E-state index contributed by atoms with van der Waals surface area (Å²) in [6.45, 7) is 2.20. The molecule has 2 heterocycles. The number of pyridine rings is 1. The van der Waals surface area contributed by atoms with E-state index in [9.17, 15) is 13.2 Å². The van der Waals surface area contributed by atoms with Crippen molar-refractivity contribution >= 4 is 21.9 Å². The first kappa shape index (κ1) is 14.9. The Morgan fingerprint density at radius 3 is 2.28 bits per heavy atom. The summed E-state index contributed by atoms with van der Waals surface area (Å²) in [5.41, 5.74) is 1.34. The number of hydrogen-bond donors (Lipinski definition) is 2. The molecule has 0 aliphatic carbocycles. The Bertz CT molecular complexity index is 405. The van der Waals surface area contributed by atoms with Crippen LogP contribution in [0.25, 0.3) is 0 Å². The van der Waals surface area contributed by atoms with Crippen molar-refractivity contribution in [3.8, 4) is 0 Å². The molecule has 100 valence electrons. The minimum absolute atomic E-state index is 0.690. The van der Waals surface area contributed by atoms with Crippen LogP contribution in [0.4, 0.5) is 13.2 Å². The molecule has 1 aliphatic heterocycles. The summed E-state index contributed by atoms with van der Waals surface area (Å²) in [5, 5.41) is 10.4. The Hall–Kier alpha value is -1.15. The zero-order valence-corrected chi connectivity index (χ0v) is 10.6. The lowest BCUT2D eigenvalue weighted by Gasteiger charge is -2.26. The van der Waals surface area contributed by atoms with E-state index in [1.54, 1.807) is 0 Å². The molecule has 0 spiro atoms. The fourth-order valence-corrected chi connectivity index (χ4v) is 1.39. The minimum Gasteiger partial charge on any atom is -0.475 e. The molecule has 0 atom stereocenters. The molecule has 0 saturated carbocycles. The van der Waals surface area contributed by atoms with Crippen LogP contribution in [0.2, 0.25) is 0 Å². The van der Waals surface area contributed by atoms with Crippen LogP contribution < -0.4 is 5.32 Å². The Kier molecular flexibility index (Phi) is 5.09. The molecule has 0 aromatic carbocycles. The first-order chi connectivity index (χ1) is 8.30. The highest BCUT2D eigenvalue weighted by molar-refractivity contribution is 9.10. The van der Waals surface area contributed by atoms with Crippen LogP contribution in [0.5, 0.6) is 0 Å². The van der Waals surface area contributed by atoms with Gasteiger partial charge < -0.3 is 10.4 Å². The third-order valence-corrected chi connectivity index (χ3v) is 2.71. The summed E-state index contributed by atoms with van der Waals surface area (Å²) >= 11 is 3.31. The van der Waals surface area contributed by atoms with Gasteiger partial charge in [-0.25, -0.2) is 9.78 Å². The standard InChI is InChI=1S/C8H9BrN2.C2HF3O2/c9-8-2-1-6(5-11-8)7-3-10-4-7;3-2(4,5)1(6)7/h1-2,5,7,10H,3-4H2;(H,6,7). The van der Waals surface area contributed by atoms with E-state index in [1.807, 2.05) is 12.3 Å². The summed E-state index contributed by atoms with van der Waals surface area (Å²) in [4.78, 5) is 13.1. The fraction of sp³-hybridized carbons (Fsp3) is 0.400. The van der Waals surface area contributed by atoms with Gasteiger partial charge in [-0.1, -0.05) is 6.07 Å². The van der Waals surface area contributed by atoms with Crippen LogP contribution in [-0.2, 0) is 4.79 Å². The molecule has 8 heteroatoms. The molecule has 1 aliphatic rings. The van der Waals surface area contributed by atoms with Crippen molar-refractivity contribution in [2.24, 2.45) is 0 Å². The summed E-state index contributed by atoms with van der Waals surface area (Å²) in [6.07, 6.45) is -3.14. The second kappa shape index (κ2) is 6.14. The van der Waals surface area contributed by atoms with Crippen molar-refractivity contribution in [2.45, 2.75) is 12.1 Å². The van der Waals surface area contributed by atoms with E-state index in [0.29, 0.717) is 5.92 Å². The molecule has 0 bridgehead atoms. The van der Waals surface area contributed by atoms with Crippen LogP contribution in [-0.4, -0.2) is 35.3 Å². The zero-order chi connectivity index (χ0) is 13.8. The summed E-state index contributed by atoms with van der Waals surface area (Å²) < 4.78 is 32.6. The Balaban J connectivity index is 0.000000203. The zero-order valence-electron chi connectivity index (χ0n) is 9.04. The highest BCUT2D eigenvalue weighted by Crippen LogP contribution is 2.19. The molecule has 1 aromatic rings. The first-order valence-corrected chi connectivity index (χ1v) is 5.72. The van der Waals surface area contributed by atoms with E-state index in [2.05, 4.69) is 32.3 Å². The first-order valence-electron chi connectivity index (χ1n) is 4.93. The molecule has 1 aromatic heterocycles. The smallest absolute Gasteiger partial charge is 0.475 e. The quantitative estimate of drug-likeness (QED) is 0.776. The van der Waals surface area contributed by atoms with Gasteiger partial charge in [-0.2, -0.15) is 13.2 Å². The highest BCUT2D eigenvalue weighted by Gasteiger charge is 2.38. The number of hydrogen-bond acceptors (Lipinski definition) is 3. The lowest BCUT2D eigenvalue weighted by atomic mass is 9.96. The van der Waals surface area contributed by atoms with Crippen LogP contribution >= 0.6 is 15.9 Å². The molecule has 18 heavy (non-hydrogen) atoms. The number of nitrogens with one attached hydrogen (secondary N) is 1. The normalized spacial score (nSPS) is 15.3. The maximum absolute atomic E-state index is 10.6. The molecule has 0 amide bonds. The summed E-state index contributed by atoms with van der Waals surface area (Å²) in [6, 6.07) is 4.12. The summed E-state index contributed by atoms with van der Waals surface area (Å²) in [5.74, 6) is -2.07. The third-order valence-electron chi connectivity index (χ3n) is 2.25. The maximum atomic E-state index is 10.6. The van der Waals surface area contributed by atoms with Gasteiger partial charge in [0.25, 0.3) is 0 Å². The molecule has 2 N–H and O–H groups in total. The number of aromatic nitrogens is 1. The van der Waals surface area contributed by atoms with Crippen LogP contribution in [0.15, 0.2) is 22.9 Å². The molecular formula is C10H10BrF3N2O2. The van der Waals surface area contributed by atoms with Gasteiger partial charge in [0.05, 0.1) is 0 Å². The number of halogens is 4. The van der Waals surface area contributed by atoms with Gasteiger partial charge in [0.1, 0.15) is 4.60 Å². The molecule has 4 nitrogen and oxygen atoms in total. The van der Waals surface area contributed by atoms with E-state index in [1.165, 1.54) is 5.56 Å². The average molecular weight is 327 g/mol. The SMILES string of the molecule is Brc1ccc(C2CNC2)cn1.O=C(O)C(F)(F)F. The van der Waals surface area contributed by atoms with Gasteiger partial charge >= 0.3 is 12.1 Å². The van der Waals surface area contributed by atoms with Gasteiger partial charge in [0.15, 0.2) is 0 Å². The van der Waals surface area contributed by atoms with Crippen molar-refractivity contribution in [2.75, 3.05) is 13.1 Å².